The molecule has 1 aliphatic carbocycles. The quantitative estimate of drug-likeness (QED) is 0.715. The second-order valence-corrected chi connectivity index (χ2v) is 4.97. The van der Waals surface area contributed by atoms with E-state index in [-0.39, 0.29) is 11.9 Å². The molecular formula is C12H19NO2. The fraction of sp³-hybridized carbons (Fsp3) is 0.750. The van der Waals surface area contributed by atoms with Crippen LogP contribution in [0.4, 0.5) is 0 Å². The number of carbonyl (C=O) groups is 1. The lowest BCUT2D eigenvalue weighted by atomic mass is 9.61. The predicted molar refractivity (Wildman–Crippen MR) is 58.4 cm³/mol. The molecular weight excluding hydrogens is 190 g/mol. The van der Waals surface area contributed by atoms with Gasteiger partial charge in [0.15, 0.2) is 0 Å². The number of nitrogens with one attached hydrogen (secondary N) is 1. The lowest BCUT2D eigenvalue weighted by Gasteiger charge is -2.45. The van der Waals surface area contributed by atoms with E-state index in [9.17, 15) is 4.79 Å². The van der Waals surface area contributed by atoms with Gasteiger partial charge in [0.1, 0.15) is 0 Å². The van der Waals surface area contributed by atoms with Crippen molar-refractivity contribution >= 4 is 5.91 Å². The van der Waals surface area contributed by atoms with Gasteiger partial charge in [0.2, 0.25) is 5.91 Å². The van der Waals surface area contributed by atoms with Crippen molar-refractivity contribution in [3.63, 3.8) is 0 Å². The van der Waals surface area contributed by atoms with Crippen LogP contribution in [0.1, 0.15) is 26.2 Å². The second kappa shape index (κ2) is 3.97. The van der Waals surface area contributed by atoms with Crippen LogP contribution >= 0.6 is 0 Å². The highest BCUT2D eigenvalue weighted by Crippen LogP contribution is 2.49. The molecule has 1 aliphatic heterocycles. The van der Waals surface area contributed by atoms with Crippen molar-refractivity contribution < 1.29 is 9.53 Å². The second-order valence-electron chi connectivity index (χ2n) is 4.97. The normalized spacial score (nSPS) is 33.1. The molecule has 0 radical (unpaired) electrons. The molecule has 2 atom stereocenters. The summed E-state index contributed by atoms with van der Waals surface area (Å²) in [6.45, 7) is 7.22. The van der Waals surface area contributed by atoms with Crippen molar-refractivity contribution in [1.82, 2.24) is 5.32 Å². The molecule has 0 spiro atoms. The van der Waals surface area contributed by atoms with Crippen molar-refractivity contribution in [2.24, 2.45) is 11.3 Å². The fourth-order valence-electron chi connectivity index (χ4n) is 2.73. The van der Waals surface area contributed by atoms with Crippen LogP contribution in [-0.2, 0) is 9.53 Å². The molecule has 3 heteroatoms. The first-order valence-corrected chi connectivity index (χ1v) is 5.66. The summed E-state index contributed by atoms with van der Waals surface area (Å²) >= 11 is 0. The molecule has 1 saturated carbocycles. The zero-order valence-corrected chi connectivity index (χ0v) is 9.29. The van der Waals surface area contributed by atoms with Gasteiger partial charge >= 0.3 is 0 Å². The van der Waals surface area contributed by atoms with Gasteiger partial charge < -0.3 is 10.1 Å². The molecule has 1 saturated heterocycles. The summed E-state index contributed by atoms with van der Waals surface area (Å²) in [7, 11) is 0. The smallest absolute Gasteiger partial charge is 0.243 e. The van der Waals surface area contributed by atoms with Gasteiger partial charge in [0, 0.05) is 5.92 Å². The van der Waals surface area contributed by atoms with Crippen molar-refractivity contribution in [2.45, 2.75) is 32.2 Å². The third kappa shape index (κ3) is 1.93. The Kier molecular flexibility index (Phi) is 2.83. The van der Waals surface area contributed by atoms with Gasteiger partial charge in [-0.1, -0.05) is 19.9 Å². The number of amides is 1. The summed E-state index contributed by atoms with van der Waals surface area (Å²) in [5.74, 6) is 0.397. The summed E-state index contributed by atoms with van der Waals surface area (Å²) in [5.41, 5.74) is 0.385. The lowest BCUT2D eigenvalue weighted by Crippen LogP contribution is -2.48. The minimum atomic E-state index is -0.0848. The Labute approximate surface area is 90.9 Å². The number of carbonyl (C=O) groups excluding carboxylic acids is 1. The molecule has 2 aliphatic rings. The summed E-state index contributed by atoms with van der Waals surface area (Å²) in [6.07, 6.45) is 5.18. The number of rotatable bonds is 3. The zero-order valence-electron chi connectivity index (χ0n) is 9.29. The standard InChI is InChI=1S/C12H19NO2/c1-3-11(14)13-10-8-15-7-9(10)12(2)5-4-6-12/h3,9-10H,1,4-8H2,2H3,(H,13,14). The number of ether oxygens (including phenoxy) is 1. The van der Waals surface area contributed by atoms with E-state index >= 15 is 0 Å². The van der Waals surface area contributed by atoms with E-state index in [0.29, 0.717) is 17.9 Å². The molecule has 2 unspecified atom stereocenters. The van der Waals surface area contributed by atoms with Crippen LogP contribution in [0.25, 0.3) is 0 Å². The van der Waals surface area contributed by atoms with E-state index in [4.69, 9.17) is 4.74 Å². The van der Waals surface area contributed by atoms with Crippen LogP contribution in [0, 0.1) is 11.3 Å². The Morgan fingerprint density at radius 2 is 2.27 bits per heavy atom. The maximum absolute atomic E-state index is 11.3. The minimum Gasteiger partial charge on any atom is -0.379 e. The van der Waals surface area contributed by atoms with Crippen LogP contribution in [0.15, 0.2) is 12.7 Å². The molecule has 3 nitrogen and oxygen atoms in total. The molecule has 0 aromatic carbocycles. The van der Waals surface area contributed by atoms with Gasteiger partial charge in [0.05, 0.1) is 19.3 Å². The topological polar surface area (TPSA) is 38.3 Å². The molecule has 0 bridgehead atoms. The van der Waals surface area contributed by atoms with E-state index in [1.54, 1.807) is 0 Å². The Balaban J connectivity index is 1.98. The Morgan fingerprint density at radius 1 is 1.53 bits per heavy atom. The molecule has 1 amide bonds. The van der Waals surface area contributed by atoms with Crippen molar-refractivity contribution in [3.8, 4) is 0 Å². The van der Waals surface area contributed by atoms with E-state index < -0.39 is 0 Å². The Bertz CT molecular complexity index is 271. The van der Waals surface area contributed by atoms with Gasteiger partial charge in [-0.15, -0.1) is 0 Å². The monoisotopic (exact) mass is 209 g/mol. The van der Waals surface area contributed by atoms with E-state index in [1.807, 2.05) is 0 Å². The number of hydrogen-bond acceptors (Lipinski definition) is 2. The maximum atomic E-state index is 11.3. The van der Waals surface area contributed by atoms with Gasteiger partial charge in [-0.05, 0) is 24.3 Å². The van der Waals surface area contributed by atoms with Crippen LogP contribution in [-0.4, -0.2) is 25.2 Å². The van der Waals surface area contributed by atoms with Gasteiger partial charge in [0.25, 0.3) is 0 Å². The highest BCUT2D eigenvalue weighted by molar-refractivity contribution is 5.87. The van der Waals surface area contributed by atoms with Gasteiger partial charge in [-0.3, -0.25) is 4.79 Å². The summed E-state index contributed by atoms with van der Waals surface area (Å²) in [5, 5.41) is 2.97. The summed E-state index contributed by atoms with van der Waals surface area (Å²) in [4.78, 5) is 11.3. The van der Waals surface area contributed by atoms with Crippen LogP contribution in [0.5, 0.6) is 0 Å². The molecule has 2 fully saturated rings. The van der Waals surface area contributed by atoms with Crippen molar-refractivity contribution in [2.75, 3.05) is 13.2 Å². The van der Waals surface area contributed by atoms with Crippen LogP contribution < -0.4 is 5.32 Å². The number of hydrogen-bond donors (Lipinski definition) is 1. The van der Waals surface area contributed by atoms with Crippen molar-refractivity contribution in [1.29, 1.82) is 0 Å². The first-order valence-electron chi connectivity index (χ1n) is 5.66. The van der Waals surface area contributed by atoms with Gasteiger partial charge in [-0.2, -0.15) is 0 Å². The minimum absolute atomic E-state index is 0.0848. The highest BCUT2D eigenvalue weighted by atomic mass is 16.5. The Morgan fingerprint density at radius 3 is 2.80 bits per heavy atom. The first kappa shape index (κ1) is 10.7. The Hall–Kier alpha value is -0.830. The lowest BCUT2D eigenvalue weighted by molar-refractivity contribution is -0.117. The zero-order chi connectivity index (χ0) is 10.9. The van der Waals surface area contributed by atoms with Crippen molar-refractivity contribution in [3.05, 3.63) is 12.7 Å². The van der Waals surface area contributed by atoms with E-state index in [2.05, 4.69) is 18.8 Å². The van der Waals surface area contributed by atoms with Crippen LogP contribution in [0.3, 0.4) is 0 Å². The molecule has 2 rings (SSSR count). The maximum Gasteiger partial charge on any atom is 0.243 e. The largest absolute Gasteiger partial charge is 0.379 e. The molecule has 15 heavy (non-hydrogen) atoms. The fourth-order valence-corrected chi connectivity index (χ4v) is 2.73. The molecule has 84 valence electrons. The van der Waals surface area contributed by atoms with Crippen LogP contribution in [0.2, 0.25) is 0 Å². The first-order chi connectivity index (χ1) is 7.15. The molecule has 0 aromatic heterocycles. The molecule has 1 N–H and O–H groups in total. The average Bonchev–Trinajstić information content (AvgIpc) is 2.62. The SMILES string of the molecule is C=CC(=O)NC1COCC1C1(C)CCC1. The molecule has 1 heterocycles. The van der Waals surface area contributed by atoms with E-state index in [1.165, 1.54) is 25.3 Å². The third-order valence-electron chi connectivity index (χ3n) is 3.98. The summed E-state index contributed by atoms with van der Waals surface area (Å²) in [6, 6.07) is 0.181. The average molecular weight is 209 g/mol. The highest BCUT2D eigenvalue weighted by Gasteiger charge is 2.46. The predicted octanol–water partition coefficient (Wildman–Crippen LogP) is 1.49. The van der Waals surface area contributed by atoms with E-state index in [0.717, 1.165) is 6.61 Å². The van der Waals surface area contributed by atoms with Gasteiger partial charge in [-0.25, -0.2) is 0 Å². The summed E-state index contributed by atoms with van der Waals surface area (Å²) < 4.78 is 5.49. The third-order valence-corrected chi connectivity index (χ3v) is 3.98. The molecule has 0 aromatic rings.